The molecule has 0 aromatic carbocycles. The number of carbonyl (C=O) groups is 2. The van der Waals surface area contributed by atoms with E-state index in [2.05, 4.69) is 10.3 Å². The number of carboxylic acids is 1. The van der Waals surface area contributed by atoms with Crippen molar-refractivity contribution in [3.05, 3.63) is 30.1 Å². The van der Waals surface area contributed by atoms with E-state index < -0.39 is 11.9 Å². The number of aromatic nitrogens is 1. The lowest BCUT2D eigenvalue weighted by atomic mass is 9.91. The summed E-state index contributed by atoms with van der Waals surface area (Å²) in [7, 11) is 0. The standard InChI is InChI=1S/C15H21N3O3/c1-11-8-12(14(19)20)10-18(9-11)15(21)17-7-5-13-4-2-3-6-16-13/h2-4,6,11-12H,5,7-10H2,1H3,(H,17,21)(H,19,20). The molecule has 1 aromatic heterocycles. The molecule has 0 saturated carbocycles. The third-order valence-electron chi connectivity index (χ3n) is 3.68. The van der Waals surface area contributed by atoms with E-state index in [1.54, 1.807) is 11.1 Å². The average molecular weight is 291 g/mol. The fraction of sp³-hybridized carbons (Fsp3) is 0.533. The summed E-state index contributed by atoms with van der Waals surface area (Å²) >= 11 is 0. The average Bonchev–Trinajstić information content (AvgIpc) is 2.47. The first-order chi connectivity index (χ1) is 10.1. The highest BCUT2D eigenvalue weighted by molar-refractivity contribution is 5.76. The molecule has 0 bridgehead atoms. The molecule has 0 aliphatic carbocycles. The quantitative estimate of drug-likeness (QED) is 0.878. The summed E-state index contributed by atoms with van der Waals surface area (Å²) in [6.07, 6.45) is 3.02. The molecule has 1 saturated heterocycles. The zero-order valence-electron chi connectivity index (χ0n) is 12.2. The second-order valence-electron chi connectivity index (χ2n) is 5.58. The van der Waals surface area contributed by atoms with Gasteiger partial charge in [-0.25, -0.2) is 4.79 Å². The zero-order valence-corrected chi connectivity index (χ0v) is 12.2. The summed E-state index contributed by atoms with van der Waals surface area (Å²) in [5.74, 6) is -1.08. The molecular weight excluding hydrogens is 270 g/mol. The molecule has 6 heteroatoms. The molecule has 2 amide bonds. The highest BCUT2D eigenvalue weighted by atomic mass is 16.4. The number of nitrogens with one attached hydrogen (secondary N) is 1. The smallest absolute Gasteiger partial charge is 0.317 e. The monoisotopic (exact) mass is 291 g/mol. The van der Waals surface area contributed by atoms with E-state index in [9.17, 15) is 9.59 Å². The predicted octanol–water partition coefficient (Wildman–Crippen LogP) is 1.38. The Balaban J connectivity index is 1.81. The number of carboxylic acid groups (broad SMARTS) is 1. The Morgan fingerprint density at radius 2 is 2.24 bits per heavy atom. The van der Waals surface area contributed by atoms with Crippen LogP contribution in [-0.4, -0.2) is 46.6 Å². The van der Waals surface area contributed by atoms with Crippen LogP contribution in [0.4, 0.5) is 4.79 Å². The zero-order chi connectivity index (χ0) is 15.2. The van der Waals surface area contributed by atoms with Crippen LogP contribution < -0.4 is 5.32 Å². The van der Waals surface area contributed by atoms with Crippen molar-refractivity contribution in [3.63, 3.8) is 0 Å². The number of piperidine rings is 1. The van der Waals surface area contributed by atoms with Gasteiger partial charge in [-0.2, -0.15) is 0 Å². The number of urea groups is 1. The highest BCUT2D eigenvalue weighted by Crippen LogP contribution is 2.21. The van der Waals surface area contributed by atoms with E-state index >= 15 is 0 Å². The predicted molar refractivity (Wildman–Crippen MR) is 77.8 cm³/mol. The summed E-state index contributed by atoms with van der Waals surface area (Å²) in [5, 5.41) is 11.9. The van der Waals surface area contributed by atoms with Crippen LogP contribution in [0, 0.1) is 11.8 Å². The van der Waals surface area contributed by atoms with Gasteiger partial charge < -0.3 is 15.3 Å². The van der Waals surface area contributed by atoms with Gasteiger partial charge in [0.05, 0.1) is 5.92 Å². The molecule has 1 aliphatic heterocycles. The van der Waals surface area contributed by atoms with Crippen LogP contribution in [0.1, 0.15) is 19.0 Å². The van der Waals surface area contributed by atoms with Gasteiger partial charge >= 0.3 is 12.0 Å². The van der Waals surface area contributed by atoms with Crippen molar-refractivity contribution in [1.29, 1.82) is 0 Å². The van der Waals surface area contributed by atoms with E-state index in [1.165, 1.54) is 0 Å². The van der Waals surface area contributed by atoms with E-state index in [0.29, 0.717) is 25.9 Å². The Hall–Kier alpha value is -2.11. The molecule has 0 radical (unpaired) electrons. The summed E-state index contributed by atoms with van der Waals surface area (Å²) in [4.78, 5) is 29.0. The first-order valence-corrected chi connectivity index (χ1v) is 7.21. The lowest BCUT2D eigenvalue weighted by Gasteiger charge is -2.34. The van der Waals surface area contributed by atoms with E-state index in [1.807, 2.05) is 25.1 Å². The number of aliphatic carboxylic acids is 1. The van der Waals surface area contributed by atoms with Crippen LogP contribution in [0.3, 0.4) is 0 Å². The van der Waals surface area contributed by atoms with Crippen molar-refractivity contribution in [2.24, 2.45) is 11.8 Å². The van der Waals surface area contributed by atoms with Gasteiger partial charge in [-0.05, 0) is 24.5 Å². The molecule has 1 aliphatic rings. The Morgan fingerprint density at radius 3 is 2.90 bits per heavy atom. The summed E-state index contributed by atoms with van der Waals surface area (Å²) in [6, 6.07) is 5.48. The number of amides is 2. The fourth-order valence-electron chi connectivity index (χ4n) is 2.65. The second-order valence-corrected chi connectivity index (χ2v) is 5.58. The molecule has 6 nitrogen and oxygen atoms in total. The van der Waals surface area contributed by atoms with Gasteiger partial charge in [0, 0.05) is 37.9 Å². The first-order valence-electron chi connectivity index (χ1n) is 7.21. The maximum atomic E-state index is 12.1. The number of hydrogen-bond acceptors (Lipinski definition) is 3. The van der Waals surface area contributed by atoms with Gasteiger partial charge in [-0.3, -0.25) is 9.78 Å². The van der Waals surface area contributed by atoms with Gasteiger partial charge in [-0.1, -0.05) is 13.0 Å². The molecule has 2 heterocycles. The number of hydrogen-bond donors (Lipinski definition) is 2. The lowest BCUT2D eigenvalue weighted by molar-refractivity contribution is -0.143. The van der Waals surface area contributed by atoms with E-state index in [-0.39, 0.29) is 18.5 Å². The maximum Gasteiger partial charge on any atom is 0.317 e. The Morgan fingerprint density at radius 1 is 1.43 bits per heavy atom. The fourth-order valence-corrected chi connectivity index (χ4v) is 2.65. The Bertz CT molecular complexity index is 492. The summed E-state index contributed by atoms with van der Waals surface area (Å²) < 4.78 is 0. The Labute approximate surface area is 124 Å². The van der Waals surface area contributed by atoms with Gasteiger partial charge in [-0.15, -0.1) is 0 Å². The normalized spacial score (nSPS) is 21.9. The van der Waals surface area contributed by atoms with Crippen LogP contribution in [0.15, 0.2) is 24.4 Å². The number of carbonyl (C=O) groups excluding carboxylic acids is 1. The molecule has 2 atom stereocenters. The highest BCUT2D eigenvalue weighted by Gasteiger charge is 2.31. The largest absolute Gasteiger partial charge is 0.481 e. The van der Waals surface area contributed by atoms with Crippen molar-refractivity contribution in [1.82, 2.24) is 15.2 Å². The topological polar surface area (TPSA) is 82.5 Å². The van der Waals surface area contributed by atoms with Crippen LogP contribution in [0.5, 0.6) is 0 Å². The van der Waals surface area contributed by atoms with E-state index in [4.69, 9.17) is 5.11 Å². The van der Waals surface area contributed by atoms with Crippen molar-refractivity contribution >= 4 is 12.0 Å². The molecule has 114 valence electrons. The molecular formula is C15H21N3O3. The van der Waals surface area contributed by atoms with Crippen molar-refractivity contribution in [3.8, 4) is 0 Å². The van der Waals surface area contributed by atoms with Crippen molar-refractivity contribution in [2.45, 2.75) is 19.8 Å². The van der Waals surface area contributed by atoms with Gasteiger partial charge in [0.2, 0.25) is 0 Å². The first kappa shape index (κ1) is 15.3. The van der Waals surface area contributed by atoms with Gasteiger partial charge in [0.15, 0.2) is 0 Å². The van der Waals surface area contributed by atoms with Gasteiger partial charge in [0.1, 0.15) is 0 Å². The third kappa shape index (κ3) is 4.44. The molecule has 1 fully saturated rings. The Kier molecular flexibility index (Phi) is 5.14. The van der Waals surface area contributed by atoms with Crippen LogP contribution in [-0.2, 0) is 11.2 Å². The SMILES string of the molecule is CC1CC(C(=O)O)CN(C(=O)NCCc2ccccn2)C1. The van der Waals surface area contributed by atoms with E-state index in [0.717, 1.165) is 5.69 Å². The minimum Gasteiger partial charge on any atom is -0.481 e. The van der Waals surface area contributed by atoms with Crippen LogP contribution in [0.25, 0.3) is 0 Å². The van der Waals surface area contributed by atoms with Gasteiger partial charge in [0.25, 0.3) is 0 Å². The molecule has 21 heavy (non-hydrogen) atoms. The molecule has 2 rings (SSSR count). The molecule has 1 aromatic rings. The number of likely N-dealkylation sites (tertiary alicyclic amines) is 1. The lowest BCUT2D eigenvalue weighted by Crippen LogP contribution is -2.49. The summed E-state index contributed by atoms with van der Waals surface area (Å²) in [6.45, 7) is 3.37. The van der Waals surface area contributed by atoms with Crippen molar-refractivity contribution < 1.29 is 14.7 Å². The summed E-state index contributed by atoms with van der Waals surface area (Å²) in [5.41, 5.74) is 0.924. The molecule has 0 spiro atoms. The number of nitrogens with zero attached hydrogens (tertiary/aromatic N) is 2. The van der Waals surface area contributed by atoms with Crippen molar-refractivity contribution in [2.75, 3.05) is 19.6 Å². The second kappa shape index (κ2) is 7.06. The minimum atomic E-state index is -0.826. The molecule has 2 N–H and O–H groups in total. The van der Waals surface area contributed by atoms with Crippen LogP contribution in [0.2, 0.25) is 0 Å². The number of rotatable bonds is 4. The minimum absolute atomic E-state index is 0.191. The third-order valence-corrected chi connectivity index (χ3v) is 3.68. The molecule has 2 unspecified atom stereocenters. The maximum absolute atomic E-state index is 12.1. The number of pyridine rings is 1. The van der Waals surface area contributed by atoms with Crippen LogP contribution >= 0.6 is 0 Å².